The number of hydrogen-bond donors (Lipinski definition) is 0. The van der Waals surface area contributed by atoms with Crippen molar-refractivity contribution in [1.82, 2.24) is 14.3 Å². The van der Waals surface area contributed by atoms with Crippen molar-refractivity contribution < 1.29 is 23.4 Å². The van der Waals surface area contributed by atoms with Gasteiger partial charge in [0.05, 0.1) is 36.7 Å². The molecule has 2 aliphatic rings. The van der Waals surface area contributed by atoms with Crippen LogP contribution in [0.2, 0.25) is 0 Å². The number of nitrogens with zero attached hydrogens (tertiary/aromatic N) is 3. The molecule has 0 saturated carbocycles. The number of ether oxygens (including phenoxy) is 3. The third-order valence-corrected chi connectivity index (χ3v) is 8.91. The van der Waals surface area contributed by atoms with Gasteiger partial charge in [-0.3, -0.25) is 4.68 Å². The molecule has 0 saturated heterocycles. The van der Waals surface area contributed by atoms with Gasteiger partial charge in [0.2, 0.25) is 0 Å². The molecule has 0 spiro atoms. The SMILES string of the molecule is CCOC(=O)c1c(CCCOc2cccc3c2CCCC3)c2ccc(F)c3c2n1CCCCOCc1c-3c(CC)nn1C. The minimum Gasteiger partial charge on any atom is -0.493 e. The van der Waals surface area contributed by atoms with E-state index >= 15 is 4.39 Å². The minimum absolute atomic E-state index is 0.268. The maximum Gasteiger partial charge on any atom is 0.355 e. The smallest absolute Gasteiger partial charge is 0.355 e. The van der Waals surface area contributed by atoms with Gasteiger partial charge < -0.3 is 18.8 Å². The Hall–Kier alpha value is -3.65. The summed E-state index contributed by atoms with van der Waals surface area (Å²) < 4.78 is 37.9. The summed E-state index contributed by atoms with van der Waals surface area (Å²) in [4.78, 5) is 13.6. The quantitative estimate of drug-likeness (QED) is 0.162. The molecule has 0 bridgehead atoms. The van der Waals surface area contributed by atoms with Crippen LogP contribution in [0.5, 0.6) is 5.75 Å². The van der Waals surface area contributed by atoms with Gasteiger partial charge in [0.25, 0.3) is 0 Å². The summed E-state index contributed by atoms with van der Waals surface area (Å²) in [5.74, 6) is 0.280. The first kappa shape index (κ1) is 29.4. The van der Waals surface area contributed by atoms with Gasteiger partial charge in [-0.2, -0.15) is 5.10 Å². The first-order valence-electron chi connectivity index (χ1n) is 15.9. The zero-order chi connectivity index (χ0) is 29.9. The van der Waals surface area contributed by atoms with E-state index in [0.29, 0.717) is 56.9 Å². The van der Waals surface area contributed by atoms with E-state index in [2.05, 4.69) is 18.2 Å². The zero-order valence-corrected chi connectivity index (χ0v) is 25.6. The lowest BCUT2D eigenvalue weighted by molar-refractivity contribution is 0.0512. The first-order chi connectivity index (χ1) is 21.0. The molecule has 0 atom stereocenters. The number of benzene rings is 2. The molecule has 1 aliphatic heterocycles. The highest BCUT2D eigenvalue weighted by molar-refractivity contribution is 6.05. The lowest BCUT2D eigenvalue weighted by Crippen LogP contribution is -2.15. The summed E-state index contributed by atoms with van der Waals surface area (Å²) in [7, 11) is 1.89. The molecule has 0 unspecified atom stereocenters. The summed E-state index contributed by atoms with van der Waals surface area (Å²) in [6.07, 6.45) is 8.19. The fraction of sp³-hybridized carbons (Fsp3) is 0.486. The van der Waals surface area contributed by atoms with Crippen LogP contribution in [-0.4, -0.2) is 40.1 Å². The van der Waals surface area contributed by atoms with Gasteiger partial charge in [0, 0.05) is 36.7 Å². The number of rotatable bonds is 8. The van der Waals surface area contributed by atoms with Gasteiger partial charge in [-0.05, 0) is 99.6 Å². The summed E-state index contributed by atoms with van der Waals surface area (Å²) in [5.41, 5.74) is 7.80. The van der Waals surface area contributed by atoms with Gasteiger partial charge in [0.15, 0.2) is 0 Å². The van der Waals surface area contributed by atoms with Crippen LogP contribution in [0.1, 0.15) is 84.5 Å². The standard InChI is InChI=1S/C35H42FN3O4/c1-4-28-32-29(38(3)37-28)22-41-20-9-8-19-39-33-26(17-18-27(36)31(32)33)25(34(39)35(40)42-5-2)15-11-21-43-30-16-10-13-23-12-6-7-14-24(23)30/h10,13,16-18H,4-9,11-12,14-15,19-22H2,1-3H3. The van der Waals surface area contributed by atoms with Crippen LogP contribution in [-0.2, 0) is 55.4 Å². The second kappa shape index (κ2) is 12.9. The van der Waals surface area contributed by atoms with Crippen LogP contribution in [0.4, 0.5) is 4.39 Å². The summed E-state index contributed by atoms with van der Waals surface area (Å²) >= 11 is 0. The lowest BCUT2D eigenvalue weighted by atomic mass is 9.91. The van der Waals surface area contributed by atoms with Crippen molar-refractivity contribution in [3.8, 4) is 16.9 Å². The largest absolute Gasteiger partial charge is 0.493 e. The molecule has 3 heterocycles. The molecule has 43 heavy (non-hydrogen) atoms. The Morgan fingerprint density at radius 2 is 1.93 bits per heavy atom. The first-order valence-corrected chi connectivity index (χ1v) is 15.9. The number of fused-ring (bicyclic) bond motifs is 3. The number of esters is 1. The molecule has 2 aromatic carbocycles. The van der Waals surface area contributed by atoms with Crippen LogP contribution in [0.25, 0.3) is 22.0 Å². The summed E-state index contributed by atoms with van der Waals surface area (Å²) in [6, 6.07) is 9.72. The highest BCUT2D eigenvalue weighted by Gasteiger charge is 2.30. The molecule has 0 fully saturated rings. The number of carbonyl (C=O) groups is 1. The van der Waals surface area contributed by atoms with Crippen LogP contribution < -0.4 is 4.74 Å². The maximum atomic E-state index is 16.1. The van der Waals surface area contributed by atoms with Crippen molar-refractivity contribution >= 4 is 16.9 Å². The molecule has 228 valence electrons. The van der Waals surface area contributed by atoms with Crippen LogP contribution in [0, 0.1) is 5.82 Å². The number of aromatic nitrogens is 3. The molecule has 0 amide bonds. The van der Waals surface area contributed by atoms with Crippen molar-refractivity contribution in [2.24, 2.45) is 7.05 Å². The van der Waals surface area contributed by atoms with Gasteiger partial charge >= 0.3 is 5.97 Å². The van der Waals surface area contributed by atoms with Crippen molar-refractivity contribution in [1.29, 1.82) is 0 Å². The minimum atomic E-state index is -0.369. The number of halogens is 1. The fourth-order valence-electron chi connectivity index (χ4n) is 6.92. The van der Waals surface area contributed by atoms with E-state index in [4.69, 9.17) is 19.3 Å². The predicted octanol–water partition coefficient (Wildman–Crippen LogP) is 7.12. The number of hydrogen-bond acceptors (Lipinski definition) is 5. The van der Waals surface area contributed by atoms with E-state index in [0.717, 1.165) is 64.9 Å². The molecule has 2 aromatic heterocycles. The van der Waals surface area contributed by atoms with Gasteiger partial charge in [-0.25, -0.2) is 9.18 Å². The second-order valence-electron chi connectivity index (χ2n) is 11.6. The molecule has 0 radical (unpaired) electrons. The Morgan fingerprint density at radius 1 is 1.07 bits per heavy atom. The third kappa shape index (κ3) is 5.57. The van der Waals surface area contributed by atoms with Crippen molar-refractivity contribution in [3.63, 3.8) is 0 Å². The Morgan fingerprint density at radius 3 is 2.77 bits per heavy atom. The van der Waals surface area contributed by atoms with E-state index in [1.54, 1.807) is 0 Å². The number of carbonyl (C=O) groups excluding carboxylic acids is 1. The predicted molar refractivity (Wildman–Crippen MR) is 165 cm³/mol. The maximum absolute atomic E-state index is 16.1. The second-order valence-corrected chi connectivity index (χ2v) is 11.6. The average Bonchev–Trinajstić information content (AvgIpc) is 3.49. The Bertz CT molecular complexity index is 1640. The van der Waals surface area contributed by atoms with E-state index in [1.165, 1.54) is 30.0 Å². The molecule has 4 aromatic rings. The highest BCUT2D eigenvalue weighted by Crippen LogP contribution is 2.41. The van der Waals surface area contributed by atoms with E-state index in [1.807, 2.05) is 36.2 Å². The summed E-state index contributed by atoms with van der Waals surface area (Å²) in [5, 5.41) is 5.63. The van der Waals surface area contributed by atoms with Gasteiger partial charge in [0.1, 0.15) is 17.3 Å². The highest BCUT2D eigenvalue weighted by atomic mass is 19.1. The average molecular weight is 588 g/mol. The van der Waals surface area contributed by atoms with Crippen LogP contribution >= 0.6 is 0 Å². The lowest BCUT2D eigenvalue weighted by Gasteiger charge is -2.19. The van der Waals surface area contributed by atoms with Crippen molar-refractivity contribution in [2.75, 3.05) is 19.8 Å². The molecule has 7 nitrogen and oxygen atoms in total. The van der Waals surface area contributed by atoms with E-state index in [-0.39, 0.29) is 18.4 Å². The Kier molecular flexibility index (Phi) is 8.84. The molecule has 8 heteroatoms. The molecule has 6 rings (SSSR count). The van der Waals surface area contributed by atoms with E-state index in [9.17, 15) is 4.79 Å². The van der Waals surface area contributed by atoms with Crippen molar-refractivity contribution in [2.45, 2.75) is 84.8 Å². The zero-order valence-electron chi connectivity index (χ0n) is 25.6. The van der Waals surface area contributed by atoms with Crippen LogP contribution in [0.3, 0.4) is 0 Å². The van der Waals surface area contributed by atoms with Gasteiger partial charge in [-0.15, -0.1) is 0 Å². The van der Waals surface area contributed by atoms with Gasteiger partial charge in [-0.1, -0.05) is 19.1 Å². The van der Waals surface area contributed by atoms with E-state index < -0.39 is 0 Å². The topological polar surface area (TPSA) is 67.5 Å². The monoisotopic (exact) mass is 587 g/mol. The Balaban J connectivity index is 1.44. The summed E-state index contributed by atoms with van der Waals surface area (Å²) in [6.45, 7) is 6.15. The molecular formula is C35H42FN3O4. The normalized spacial score (nSPS) is 15.1. The Labute approximate surface area is 252 Å². The fourth-order valence-corrected chi connectivity index (χ4v) is 6.92. The van der Waals surface area contributed by atoms with Crippen molar-refractivity contribution in [3.05, 3.63) is 69.9 Å². The molecular weight excluding hydrogens is 545 g/mol. The number of aryl methyl sites for hydroxylation is 5. The molecule has 1 aliphatic carbocycles. The van der Waals surface area contributed by atoms with Crippen LogP contribution in [0.15, 0.2) is 30.3 Å². The molecule has 0 N–H and O–H groups in total. The third-order valence-electron chi connectivity index (χ3n) is 8.91.